The van der Waals surface area contributed by atoms with Crippen LogP contribution in [-0.4, -0.2) is 11.5 Å². The van der Waals surface area contributed by atoms with E-state index in [0.717, 1.165) is 18.2 Å². The van der Waals surface area contributed by atoms with Crippen molar-refractivity contribution >= 4 is 0 Å². The minimum atomic E-state index is 0.706. The number of rotatable bonds is 5. The third kappa shape index (κ3) is 2.12. The highest BCUT2D eigenvalue weighted by atomic mass is 14.9. The molecule has 0 saturated heterocycles. The second-order valence-corrected chi connectivity index (χ2v) is 5.55. The highest BCUT2D eigenvalue weighted by Crippen LogP contribution is 2.60. The lowest BCUT2D eigenvalue weighted by Crippen LogP contribution is -2.25. The third-order valence-corrected chi connectivity index (χ3v) is 4.11. The predicted molar refractivity (Wildman–Crippen MR) is 65.1 cm³/mol. The van der Waals surface area contributed by atoms with Gasteiger partial charge in [-0.05, 0) is 55.6 Å². The van der Waals surface area contributed by atoms with Crippen LogP contribution in [0, 0.1) is 18.3 Å². The van der Waals surface area contributed by atoms with Crippen molar-refractivity contribution < 1.29 is 0 Å². The highest BCUT2D eigenvalue weighted by Gasteiger charge is 2.53. The summed E-state index contributed by atoms with van der Waals surface area (Å²) in [7, 11) is 0. The van der Waals surface area contributed by atoms with Crippen molar-refractivity contribution in [1.29, 1.82) is 0 Å². The molecule has 0 amide bonds. The van der Waals surface area contributed by atoms with Gasteiger partial charge in [-0.3, -0.25) is 4.98 Å². The molecular weight excluding hydrogens is 196 g/mol. The number of hydrogen-bond acceptors (Lipinski definition) is 2. The van der Waals surface area contributed by atoms with E-state index in [0.29, 0.717) is 5.41 Å². The van der Waals surface area contributed by atoms with Crippen LogP contribution in [0.1, 0.15) is 36.9 Å². The van der Waals surface area contributed by atoms with Gasteiger partial charge in [-0.2, -0.15) is 0 Å². The maximum absolute atomic E-state index is 4.32. The average Bonchev–Trinajstić information content (AvgIpc) is 3.15. The summed E-state index contributed by atoms with van der Waals surface area (Å²) in [5.41, 5.74) is 3.11. The first-order valence-corrected chi connectivity index (χ1v) is 6.41. The number of aryl methyl sites for hydroxylation is 1. The van der Waals surface area contributed by atoms with E-state index in [1.165, 1.54) is 37.8 Å². The van der Waals surface area contributed by atoms with Crippen molar-refractivity contribution in [3.05, 3.63) is 29.6 Å². The molecule has 2 fully saturated rings. The van der Waals surface area contributed by atoms with Gasteiger partial charge in [0.2, 0.25) is 0 Å². The predicted octanol–water partition coefficient (Wildman–Crippen LogP) is 2.67. The normalized spacial score (nSPS) is 22.1. The van der Waals surface area contributed by atoms with E-state index >= 15 is 0 Å². The minimum absolute atomic E-state index is 0.706. The molecule has 2 aliphatic carbocycles. The summed E-state index contributed by atoms with van der Waals surface area (Å²) >= 11 is 0. The van der Waals surface area contributed by atoms with Crippen LogP contribution in [0.4, 0.5) is 0 Å². The zero-order valence-electron chi connectivity index (χ0n) is 10.00. The molecule has 0 bridgehead atoms. The minimum Gasteiger partial charge on any atom is -0.312 e. The van der Waals surface area contributed by atoms with Gasteiger partial charge in [-0.15, -0.1) is 0 Å². The molecule has 0 unspecified atom stereocenters. The quantitative estimate of drug-likeness (QED) is 0.818. The molecule has 1 aromatic rings. The first-order valence-electron chi connectivity index (χ1n) is 6.41. The Labute approximate surface area is 97.5 Å². The summed E-state index contributed by atoms with van der Waals surface area (Å²) in [6.07, 6.45) is 7.86. The Balaban J connectivity index is 1.48. The lowest BCUT2D eigenvalue weighted by atomic mass is 10.0. The molecule has 1 heterocycles. The van der Waals surface area contributed by atoms with Crippen LogP contribution < -0.4 is 5.32 Å². The summed E-state index contributed by atoms with van der Waals surface area (Å²) in [6.45, 7) is 4.22. The average molecular weight is 216 g/mol. The Bertz CT molecular complexity index is 361. The zero-order chi connectivity index (χ0) is 11.0. The van der Waals surface area contributed by atoms with Crippen molar-refractivity contribution in [2.75, 3.05) is 6.54 Å². The van der Waals surface area contributed by atoms with Crippen LogP contribution in [0.15, 0.2) is 18.3 Å². The van der Waals surface area contributed by atoms with Crippen molar-refractivity contribution in [1.82, 2.24) is 10.3 Å². The molecule has 0 spiro atoms. The molecule has 86 valence electrons. The Morgan fingerprint density at radius 1 is 1.38 bits per heavy atom. The molecule has 2 aliphatic rings. The van der Waals surface area contributed by atoms with Crippen LogP contribution in [0.25, 0.3) is 0 Å². The number of nitrogens with zero attached hydrogens (tertiary/aromatic N) is 1. The monoisotopic (exact) mass is 216 g/mol. The van der Waals surface area contributed by atoms with Gasteiger partial charge >= 0.3 is 0 Å². The molecule has 1 N–H and O–H groups in total. The van der Waals surface area contributed by atoms with Gasteiger partial charge in [0.15, 0.2) is 0 Å². The molecule has 3 rings (SSSR count). The van der Waals surface area contributed by atoms with Crippen LogP contribution in [0.3, 0.4) is 0 Å². The van der Waals surface area contributed by atoms with Crippen molar-refractivity contribution in [3.8, 4) is 0 Å². The summed E-state index contributed by atoms with van der Waals surface area (Å²) in [5, 5.41) is 3.61. The molecule has 0 aromatic carbocycles. The van der Waals surface area contributed by atoms with Gasteiger partial charge in [0.05, 0.1) is 0 Å². The number of hydrogen-bond donors (Lipinski definition) is 1. The SMILES string of the molecule is Cc1ccc(CNCC2(C3CC3)CC2)cn1. The summed E-state index contributed by atoms with van der Waals surface area (Å²) in [5.74, 6) is 1.05. The van der Waals surface area contributed by atoms with Gasteiger partial charge < -0.3 is 5.32 Å². The fourth-order valence-corrected chi connectivity index (χ4v) is 2.64. The lowest BCUT2D eigenvalue weighted by Gasteiger charge is -2.14. The second-order valence-electron chi connectivity index (χ2n) is 5.55. The largest absolute Gasteiger partial charge is 0.312 e. The summed E-state index contributed by atoms with van der Waals surface area (Å²) < 4.78 is 0. The number of aromatic nitrogens is 1. The standard InChI is InChI=1S/C14H20N2/c1-11-2-3-12(9-16-11)8-15-10-14(6-7-14)13-4-5-13/h2-3,9,13,15H,4-8,10H2,1H3. The van der Waals surface area contributed by atoms with Crippen molar-refractivity contribution in [2.24, 2.45) is 11.3 Å². The van der Waals surface area contributed by atoms with Crippen LogP contribution in [0.2, 0.25) is 0 Å². The second kappa shape index (κ2) is 3.85. The molecule has 2 saturated carbocycles. The van der Waals surface area contributed by atoms with Crippen LogP contribution in [-0.2, 0) is 6.54 Å². The first kappa shape index (κ1) is 10.3. The Hall–Kier alpha value is -0.890. The number of nitrogens with one attached hydrogen (secondary N) is 1. The van der Waals surface area contributed by atoms with Crippen molar-refractivity contribution in [3.63, 3.8) is 0 Å². The summed E-state index contributed by atoms with van der Waals surface area (Å²) in [4.78, 5) is 4.32. The molecule has 0 aliphatic heterocycles. The molecule has 16 heavy (non-hydrogen) atoms. The fraction of sp³-hybridized carbons (Fsp3) is 0.643. The molecule has 0 radical (unpaired) electrons. The van der Waals surface area contributed by atoms with E-state index in [1.807, 2.05) is 13.1 Å². The lowest BCUT2D eigenvalue weighted by molar-refractivity contribution is 0.403. The van der Waals surface area contributed by atoms with Crippen LogP contribution >= 0.6 is 0 Å². The van der Waals surface area contributed by atoms with Gasteiger partial charge in [-0.25, -0.2) is 0 Å². The van der Waals surface area contributed by atoms with Gasteiger partial charge in [-0.1, -0.05) is 6.07 Å². The Kier molecular flexibility index (Phi) is 2.47. The molecular formula is C14H20N2. The van der Waals surface area contributed by atoms with Crippen molar-refractivity contribution in [2.45, 2.75) is 39.2 Å². The van der Waals surface area contributed by atoms with Gasteiger partial charge in [0, 0.05) is 25.0 Å². The topological polar surface area (TPSA) is 24.9 Å². The van der Waals surface area contributed by atoms with E-state index in [4.69, 9.17) is 0 Å². The van der Waals surface area contributed by atoms with Gasteiger partial charge in [0.1, 0.15) is 0 Å². The highest BCUT2D eigenvalue weighted by molar-refractivity contribution is 5.13. The fourth-order valence-electron chi connectivity index (χ4n) is 2.64. The molecule has 2 heteroatoms. The Morgan fingerprint density at radius 2 is 2.19 bits per heavy atom. The first-order chi connectivity index (χ1) is 7.78. The third-order valence-electron chi connectivity index (χ3n) is 4.11. The molecule has 1 aromatic heterocycles. The van der Waals surface area contributed by atoms with E-state index in [2.05, 4.69) is 22.4 Å². The van der Waals surface area contributed by atoms with Crippen LogP contribution in [0.5, 0.6) is 0 Å². The maximum Gasteiger partial charge on any atom is 0.0372 e. The van der Waals surface area contributed by atoms with E-state index in [9.17, 15) is 0 Å². The maximum atomic E-state index is 4.32. The van der Waals surface area contributed by atoms with E-state index in [-0.39, 0.29) is 0 Å². The molecule has 0 atom stereocenters. The van der Waals surface area contributed by atoms with E-state index in [1.54, 1.807) is 0 Å². The van der Waals surface area contributed by atoms with Gasteiger partial charge in [0.25, 0.3) is 0 Å². The number of pyridine rings is 1. The molecule has 2 nitrogen and oxygen atoms in total. The summed E-state index contributed by atoms with van der Waals surface area (Å²) in [6, 6.07) is 4.26. The Morgan fingerprint density at radius 3 is 2.75 bits per heavy atom. The smallest absolute Gasteiger partial charge is 0.0372 e. The zero-order valence-corrected chi connectivity index (χ0v) is 10.00. The van der Waals surface area contributed by atoms with E-state index < -0.39 is 0 Å².